The summed E-state index contributed by atoms with van der Waals surface area (Å²) in [6.45, 7) is 0. The summed E-state index contributed by atoms with van der Waals surface area (Å²) in [6, 6.07) is 14.4. The Morgan fingerprint density at radius 1 is 1.00 bits per heavy atom. The maximum Gasteiger partial charge on any atom is 0.163 e. The van der Waals surface area contributed by atoms with E-state index < -0.39 is 10.8 Å². The van der Waals surface area contributed by atoms with E-state index >= 15 is 0 Å². The lowest BCUT2D eigenvalue weighted by molar-refractivity contribution is 0.0989. The van der Waals surface area contributed by atoms with Gasteiger partial charge in [-0.1, -0.05) is 30.3 Å². The lowest BCUT2D eigenvalue weighted by Gasteiger charge is -2.02. The molecule has 0 bridgehead atoms. The molecule has 98 valence electrons. The Hall–Kier alpha value is -1.81. The number of rotatable bonds is 5. The van der Waals surface area contributed by atoms with Gasteiger partial charge in [-0.05, 0) is 24.3 Å². The van der Waals surface area contributed by atoms with Gasteiger partial charge < -0.3 is 0 Å². The monoisotopic (exact) mass is 276 g/mol. The predicted molar refractivity (Wildman–Crippen MR) is 73.1 cm³/mol. The van der Waals surface area contributed by atoms with Gasteiger partial charge in [0, 0.05) is 22.6 Å². The number of carbonyl (C=O) groups is 1. The van der Waals surface area contributed by atoms with E-state index in [-0.39, 0.29) is 23.8 Å². The zero-order chi connectivity index (χ0) is 13.7. The Bertz CT molecular complexity index is 579. The van der Waals surface area contributed by atoms with Gasteiger partial charge in [-0.3, -0.25) is 9.00 Å². The summed E-state index contributed by atoms with van der Waals surface area (Å²) in [6.07, 6.45) is 0.216. The second-order valence-corrected chi connectivity index (χ2v) is 5.61. The number of Topliss-reactive ketones (excluding diaryl/α,β-unsaturated/α-hetero) is 1. The third-order valence-electron chi connectivity index (χ3n) is 2.69. The number of ketones is 1. The summed E-state index contributed by atoms with van der Waals surface area (Å²) in [5.74, 6) is -0.142. The highest BCUT2D eigenvalue weighted by molar-refractivity contribution is 7.85. The van der Waals surface area contributed by atoms with Crippen LogP contribution in [0.25, 0.3) is 0 Å². The van der Waals surface area contributed by atoms with Crippen LogP contribution in [0.1, 0.15) is 16.8 Å². The highest BCUT2D eigenvalue weighted by Crippen LogP contribution is 2.10. The second kappa shape index (κ2) is 6.38. The molecule has 19 heavy (non-hydrogen) atoms. The topological polar surface area (TPSA) is 34.1 Å². The van der Waals surface area contributed by atoms with E-state index in [4.69, 9.17) is 0 Å². The van der Waals surface area contributed by atoms with E-state index in [2.05, 4.69) is 0 Å². The maximum absolute atomic E-state index is 12.7. The molecule has 0 heterocycles. The fraction of sp³-hybridized carbons (Fsp3) is 0.133. The van der Waals surface area contributed by atoms with Gasteiger partial charge in [0.15, 0.2) is 5.78 Å². The van der Waals surface area contributed by atoms with Crippen molar-refractivity contribution < 1.29 is 13.4 Å². The van der Waals surface area contributed by atoms with Gasteiger partial charge >= 0.3 is 0 Å². The minimum Gasteiger partial charge on any atom is -0.294 e. The molecule has 1 unspecified atom stereocenters. The Kier molecular flexibility index (Phi) is 4.58. The molecule has 0 aromatic heterocycles. The highest BCUT2D eigenvalue weighted by atomic mass is 32.2. The van der Waals surface area contributed by atoms with Gasteiger partial charge in [0.25, 0.3) is 0 Å². The van der Waals surface area contributed by atoms with Crippen LogP contribution in [-0.4, -0.2) is 15.7 Å². The second-order valence-electron chi connectivity index (χ2n) is 4.04. The van der Waals surface area contributed by atoms with Crippen molar-refractivity contribution in [3.05, 3.63) is 66.0 Å². The zero-order valence-corrected chi connectivity index (χ0v) is 11.0. The van der Waals surface area contributed by atoms with Gasteiger partial charge in [-0.2, -0.15) is 0 Å². The van der Waals surface area contributed by atoms with E-state index in [1.807, 2.05) is 6.07 Å². The quantitative estimate of drug-likeness (QED) is 0.786. The van der Waals surface area contributed by atoms with Crippen molar-refractivity contribution in [2.75, 3.05) is 5.75 Å². The largest absolute Gasteiger partial charge is 0.294 e. The van der Waals surface area contributed by atoms with E-state index in [1.165, 1.54) is 24.3 Å². The Balaban J connectivity index is 1.94. The van der Waals surface area contributed by atoms with Gasteiger partial charge in [0.1, 0.15) is 5.82 Å². The average molecular weight is 276 g/mol. The number of halogens is 1. The van der Waals surface area contributed by atoms with E-state index in [9.17, 15) is 13.4 Å². The summed E-state index contributed by atoms with van der Waals surface area (Å²) in [5.41, 5.74) is 0.624. The first-order chi connectivity index (χ1) is 9.16. The normalized spacial score (nSPS) is 12.1. The van der Waals surface area contributed by atoms with Crippen LogP contribution in [0.3, 0.4) is 0 Å². The van der Waals surface area contributed by atoms with E-state index in [0.29, 0.717) is 10.5 Å². The van der Waals surface area contributed by atoms with Gasteiger partial charge in [0.05, 0.1) is 10.8 Å². The molecule has 2 aromatic rings. The minimum atomic E-state index is -1.27. The van der Waals surface area contributed by atoms with Crippen LogP contribution in [0.2, 0.25) is 0 Å². The van der Waals surface area contributed by atoms with Crippen molar-refractivity contribution in [2.45, 2.75) is 11.3 Å². The van der Waals surface area contributed by atoms with Crippen LogP contribution in [0.4, 0.5) is 4.39 Å². The number of hydrogen-bond donors (Lipinski definition) is 0. The van der Waals surface area contributed by atoms with Crippen molar-refractivity contribution >= 4 is 16.6 Å². The molecule has 0 fully saturated rings. The van der Waals surface area contributed by atoms with Crippen LogP contribution in [0, 0.1) is 5.82 Å². The third kappa shape index (κ3) is 3.83. The SMILES string of the molecule is O=C(CCS(=O)c1ccc(F)cc1)c1ccccc1. The standard InChI is InChI=1S/C15H13FO2S/c16-13-6-8-14(9-7-13)19(18)11-10-15(17)12-4-2-1-3-5-12/h1-9H,10-11H2. The van der Waals surface area contributed by atoms with Crippen LogP contribution in [0.15, 0.2) is 59.5 Å². The third-order valence-corrected chi connectivity index (χ3v) is 4.06. The molecule has 0 saturated carbocycles. The fourth-order valence-corrected chi connectivity index (χ4v) is 2.70. The van der Waals surface area contributed by atoms with Gasteiger partial charge in [-0.25, -0.2) is 4.39 Å². The Morgan fingerprint density at radius 2 is 1.63 bits per heavy atom. The molecular weight excluding hydrogens is 263 g/mol. The summed E-state index contributed by atoms with van der Waals surface area (Å²) in [5, 5.41) is 0. The molecule has 0 saturated heterocycles. The highest BCUT2D eigenvalue weighted by Gasteiger charge is 2.09. The first kappa shape index (κ1) is 13.6. The predicted octanol–water partition coefficient (Wildman–Crippen LogP) is 3.21. The molecule has 0 aliphatic heterocycles. The molecule has 4 heteroatoms. The molecule has 2 aromatic carbocycles. The summed E-state index contributed by atoms with van der Waals surface area (Å²) < 4.78 is 24.7. The number of hydrogen-bond acceptors (Lipinski definition) is 2. The molecule has 0 aliphatic rings. The van der Waals surface area contributed by atoms with Crippen LogP contribution in [-0.2, 0) is 10.8 Å². The van der Waals surface area contributed by atoms with Crippen molar-refractivity contribution in [1.82, 2.24) is 0 Å². The van der Waals surface area contributed by atoms with Crippen molar-refractivity contribution in [3.63, 3.8) is 0 Å². The fourth-order valence-electron chi connectivity index (χ4n) is 1.66. The molecule has 0 radical (unpaired) electrons. The molecule has 0 amide bonds. The van der Waals surface area contributed by atoms with Gasteiger partial charge in [-0.15, -0.1) is 0 Å². The van der Waals surface area contributed by atoms with E-state index in [1.54, 1.807) is 24.3 Å². The zero-order valence-electron chi connectivity index (χ0n) is 10.2. The average Bonchev–Trinajstić information content (AvgIpc) is 2.46. The summed E-state index contributed by atoms with van der Waals surface area (Å²) >= 11 is 0. The molecule has 0 aliphatic carbocycles. The summed E-state index contributed by atoms with van der Waals surface area (Å²) in [7, 11) is -1.27. The van der Waals surface area contributed by atoms with Gasteiger partial charge in [0.2, 0.25) is 0 Å². The van der Waals surface area contributed by atoms with Crippen LogP contribution in [0.5, 0.6) is 0 Å². The summed E-state index contributed by atoms with van der Waals surface area (Å²) in [4.78, 5) is 12.4. The number of benzene rings is 2. The number of carbonyl (C=O) groups excluding carboxylic acids is 1. The molecule has 0 N–H and O–H groups in total. The van der Waals surface area contributed by atoms with E-state index in [0.717, 1.165) is 0 Å². The smallest absolute Gasteiger partial charge is 0.163 e. The maximum atomic E-state index is 12.7. The molecule has 2 rings (SSSR count). The lowest BCUT2D eigenvalue weighted by Crippen LogP contribution is -2.06. The lowest BCUT2D eigenvalue weighted by atomic mass is 10.1. The van der Waals surface area contributed by atoms with Crippen molar-refractivity contribution in [1.29, 1.82) is 0 Å². The molecule has 1 atom stereocenters. The van der Waals surface area contributed by atoms with Crippen molar-refractivity contribution in [2.24, 2.45) is 0 Å². The Labute approximate surface area is 113 Å². The first-order valence-corrected chi connectivity index (χ1v) is 7.21. The minimum absolute atomic E-state index is 0.0314. The van der Waals surface area contributed by atoms with Crippen LogP contribution < -0.4 is 0 Å². The molecular formula is C15H13FO2S. The molecule has 0 spiro atoms. The van der Waals surface area contributed by atoms with Crippen molar-refractivity contribution in [3.8, 4) is 0 Å². The first-order valence-electron chi connectivity index (χ1n) is 5.89. The Morgan fingerprint density at radius 3 is 2.26 bits per heavy atom. The molecule has 2 nitrogen and oxygen atoms in total. The van der Waals surface area contributed by atoms with Crippen LogP contribution >= 0.6 is 0 Å².